The Bertz CT molecular complexity index is 314. The van der Waals surface area contributed by atoms with Crippen LogP contribution in [0.25, 0.3) is 0 Å². The van der Waals surface area contributed by atoms with Crippen molar-refractivity contribution in [1.82, 2.24) is 4.72 Å². The summed E-state index contributed by atoms with van der Waals surface area (Å²) in [4.78, 5) is 0. The zero-order valence-electron chi connectivity index (χ0n) is 9.27. The first-order valence-corrected chi connectivity index (χ1v) is 7.14. The fraction of sp³-hybridized carbons (Fsp3) is 1.00. The smallest absolute Gasteiger partial charge is 0.215 e. The van der Waals surface area contributed by atoms with Crippen molar-refractivity contribution in [2.75, 3.05) is 13.2 Å². The van der Waals surface area contributed by atoms with E-state index in [0.717, 1.165) is 12.8 Å². The van der Waals surface area contributed by atoms with Crippen LogP contribution in [-0.4, -0.2) is 32.9 Å². The summed E-state index contributed by atoms with van der Waals surface area (Å²) in [7, 11) is -3.15. The molecular weight excluding hydrogens is 214 g/mol. The standard InChI is InChI=1S/C10H19NO3S/c1-7-5-14-6-8(2)10(7)15(12,13)11-9-3-4-9/h7-11H,3-6H2,1-2H3/t7-,8+,10?. The van der Waals surface area contributed by atoms with Crippen LogP contribution in [0.2, 0.25) is 0 Å². The molecule has 1 heterocycles. The zero-order chi connectivity index (χ0) is 11.1. The summed E-state index contributed by atoms with van der Waals surface area (Å²) in [6.45, 7) is 5.01. The molecule has 88 valence electrons. The second-order valence-corrected chi connectivity index (χ2v) is 6.76. The molecule has 1 N–H and O–H groups in total. The summed E-state index contributed by atoms with van der Waals surface area (Å²) in [6, 6.07) is 0.206. The minimum absolute atomic E-state index is 0.0880. The maximum atomic E-state index is 12.1. The molecule has 0 bridgehead atoms. The fourth-order valence-corrected chi connectivity index (χ4v) is 4.55. The molecule has 0 aromatic heterocycles. The van der Waals surface area contributed by atoms with E-state index in [9.17, 15) is 8.42 Å². The zero-order valence-corrected chi connectivity index (χ0v) is 10.1. The van der Waals surface area contributed by atoms with Gasteiger partial charge in [0.05, 0.1) is 18.5 Å². The van der Waals surface area contributed by atoms with Crippen molar-refractivity contribution in [2.24, 2.45) is 11.8 Å². The van der Waals surface area contributed by atoms with Crippen LogP contribution in [0, 0.1) is 11.8 Å². The van der Waals surface area contributed by atoms with Gasteiger partial charge in [-0.1, -0.05) is 13.8 Å². The lowest BCUT2D eigenvalue weighted by atomic mass is 9.95. The van der Waals surface area contributed by atoms with Crippen LogP contribution in [0.4, 0.5) is 0 Å². The molecule has 1 aliphatic heterocycles. The first-order chi connectivity index (χ1) is 7.00. The maximum Gasteiger partial charge on any atom is 0.215 e. The van der Waals surface area contributed by atoms with E-state index in [1.54, 1.807) is 0 Å². The Morgan fingerprint density at radius 1 is 1.13 bits per heavy atom. The molecule has 0 aromatic rings. The lowest BCUT2D eigenvalue weighted by molar-refractivity contribution is 0.0300. The summed E-state index contributed by atoms with van der Waals surface area (Å²) in [5.41, 5.74) is 0. The Balaban J connectivity index is 2.11. The van der Waals surface area contributed by atoms with Gasteiger partial charge in [-0.25, -0.2) is 13.1 Å². The number of hydrogen-bond donors (Lipinski definition) is 1. The Labute approximate surface area is 91.4 Å². The van der Waals surface area contributed by atoms with Gasteiger partial charge in [0.15, 0.2) is 0 Å². The van der Waals surface area contributed by atoms with Crippen LogP contribution in [0.15, 0.2) is 0 Å². The Kier molecular flexibility index (Phi) is 3.05. The van der Waals surface area contributed by atoms with E-state index in [4.69, 9.17) is 4.74 Å². The minimum atomic E-state index is -3.15. The summed E-state index contributed by atoms with van der Waals surface area (Å²) in [5, 5.41) is -0.285. The summed E-state index contributed by atoms with van der Waals surface area (Å²) >= 11 is 0. The van der Waals surface area contributed by atoms with Crippen LogP contribution in [0.5, 0.6) is 0 Å². The lowest BCUT2D eigenvalue weighted by Gasteiger charge is -2.33. The number of nitrogens with one attached hydrogen (secondary N) is 1. The molecule has 2 aliphatic rings. The lowest BCUT2D eigenvalue weighted by Crippen LogP contribution is -2.48. The van der Waals surface area contributed by atoms with Crippen molar-refractivity contribution >= 4 is 10.0 Å². The van der Waals surface area contributed by atoms with Gasteiger partial charge in [0.2, 0.25) is 10.0 Å². The van der Waals surface area contributed by atoms with Crippen molar-refractivity contribution in [3.05, 3.63) is 0 Å². The molecule has 0 amide bonds. The molecule has 1 aliphatic carbocycles. The topological polar surface area (TPSA) is 55.4 Å². The second kappa shape index (κ2) is 4.03. The summed E-state index contributed by atoms with van der Waals surface area (Å²) in [5.74, 6) is 0.176. The highest BCUT2D eigenvalue weighted by atomic mass is 32.2. The first-order valence-electron chi connectivity index (χ1n) is 5.59. The molecule has 1 unspecified atom stereocenters. The van der Waals surface area contributed by atoms with Crippen molar-refractivity contribution in [3.8, 4) is 0 Å². The first kappa shape index (κ1) is 11.4. The van der Waals surface area contributed by atoms with Gasteiger partial charge in [-0.2, -0.15) is 0 Å². The number of hydrogen-bond acceptors (Lipinski definition) is 3. The van der Waals surface area contributed by atoms with Gasteiger partial charge < -0.3 is 4.74 Å². The van der Waals surface area contributed by atoms with Gasteiger partial charge in [-0.05, 0) is 24.7 Å². The van der Waals surface area contributed by atoms with Gasteiger partial charge in [0.1, 0.15) is 0 Å². The van der Waals surface area contributed by atoms with Crippen molar-refractivity contribution < 1.29 is 13.2 Å². The molecular formula is C10H19NO3S. The summed E-state index contributed by atoms with van der Waals surface area (Å²) < 4.78 is 32.3. The Morgan fingerprint density at radius 2 is 1.67 bits per heavy atom. The van der Waals surface area contributed by atoms with E-state index < -0.39 is 10.0 Å². The molecule has 4 nitrogen and oxygen atoms in total. The van der Waals surface area contributed by atoms with Gasteiger partial charge in [0, 0.05) is 6.04 Å². The predicted molar refractivity (Wildman–Crippen MR) is 58.0 cm³/mol. The third kappa shape index (κ3) is 2.52. The molecule has 1 saturated heterocycles. The van der Waals surface area contributed by atoms with E-state index in [-0.39, 0.29) is 23.1 Å². The van der Waals surface area contributed by atoms with Crippen molar-refractivity contribution in [1.29, 1.82) is 0 Å². The van der Waals surface area contributed by atoms with Crippen molar-refractivity contribution in [3.63, 3.8) is 0 Å². The Hall–Kier alpha value is -0.130. The normalized spacial score (nSPS) is 37.9. The molecule has 2 fully saturated rings. The van der Waals surface area contributed by atoms with Crippen LogP contribution in [-0.2, 0) is 14.8 Å². The van der Waals surface area contributed by atoms with Gasteiger partial charge in [-0.3, -0.25) is 0 Å². The highest BCUT2D eigenvalue weighted by molar-refractivity contribution is 7.90. The minimum Gasteiger partial charge on any atom is -0.381 e. The third-order valence-corrected chi connectivity index (χ3v) is 5.46. The average molecular weight is 233 g/mol. The van der Waals surface area contributed by atoms with Gasteiger partial charge in [0.25, 0.3) is 0 Å². The van der Waals surface area contributed by atoms with Gasteiger partial charge >= 0.3 is 0 Å². The maximum absolute atomic E-state index is 12.1. The predicted octanol–water partition coefficient (Wildman–Crippen LogP) is 0.739. The number of ether oxygens (including phenoxy) is 1. The molecule has 0 radical (unpaired) electrons. The number of sulfonamides is 1. The third-order valence-electron chi connectivity index (χ3n) is 3.15. The molecule has 3 atom stereocenters. The van der Waals surface area contributed by atoms with E-state index in [1.807, 2.05) is 13.8 Å². The SMILES string of the molecule is C[C@@H]1COC[C@H](C)C1S(=O)(=O)NC1CC1. The second-order valence-electron chi connectivity index (χ2n) is 4.89. The molecule has 2 rings (SSSR count). The van der Waals surface area contributed by atoms with E-state index >= 15 is 0 Å². The van der Waals surface area contributed by atoms with E-state index in [0.29, 0.717) is 13.2 Å². The quantitative estimate of drug-likeness (QED) is 0.782. The van der Waals surface area contributed by atoms with Gasteiger partial charge in [-0.15, -0.1) is 0 Å². The van der Waals surface area contributed by atoms with Crippen LogP contribution < -0.4 is 4.72 Å². The number of rotatable bonds is 3. The Morgan fingerprint density at radius 3 is 2.13 bits per heavy atom. The van der Waals surface area contributed by atoms with E-state index in [1.165, 1.54) is 0 Å². The molecule has 5 heteroatoms. The summed E-state index contributed by atoms with van der Waals surface area (Å²) in [6.07, 6.45) is 1.98. The monoisotopic (exact) mass is 233 g/mol. The van der Waals surface area contributed by atoms with E-state index in [2.05, 4.69) is 4.72 Å². The van der Waals surface area contributed by atoms with Crippen LogP contribution >= 0.6 is 0 Å². The highest BCUT2D eigenvalue weighted by Crippen LogP contribution is 2.28. The average Bonchev–Trinajstić information content (AvgIpc) is 2.86. The fourth-order valence-electron chi connectivity index (χ4n) is 2.31. The van der Waals surface area contributed by atoms with Crippen LogP contribution in [0.3, 0.4) is 0 Å². The highest BCUT2D eigenvalue weighted by Gasteiger charge is 2.41. The molecule has 0 spiro atoms. The molecule has 1 saturated carbocycles. The van der Waals surface area contributed by atoms with Crippen molar-refractivity contribution in [2.45, 2.75) is 38.0 Å². The van der Waals surface area contributed by atoms with Crippen LogP contribution in [0.1, 0.15) is 26.7 Å². The largest absolute Gasteiger partial charge is 0.381 e. The molecule has 15 heavy (non-hydrogen) atoms. The molecule has 0 aromatic carbocycles.